The summed E-state index contributed by atoms with van der Waals surface area (Å²) in [6.45, 7) is 9.98. The molecule has 1 unspecified atom stereocenters. The van der Waals surface area contributed by atoms with Crippen LogP contribution in [0, 0.1) is 22.7 Å². The molecule has 2 saturated carbocycles. The second-order valence-electron chi connectivity index (χ2n) is 9.82. The molecule has 0 saturated heterocycles. The Hall–Kier alpha value is -0.650. The monoisotopic (exact) mass is 397 g/mol. The van der Waals surface area contributed by atoms with Gasteiger partial charge in [0.2, 0.25) is 5.91 Å². The van der Waals surface area contributed by atoms with Crippen molar-refractivity contribution in [3.8, 4) is 0 Å². The van der Waals surface area contributed by atoms with Crippen LogP contribution in [0.25, 0.3) is 0 Å². The molecular weight excluding hydrogens is 354 g/mol. The van der Waals surface area contributed by atoms with E-state index in [2.05, 4.69) is 20.8 Å². The van der Waals surface area contributed by atoms with Crippen LogP contribution in [0.3, 0.4) is 0 Å². The molecule has 5 heteroatoms. The third kappa shape index (κ3) is 4.57. The first-order valence-electron chi connectivity index (χ1n) is 11.5. The first-order chi connectivity index (χ1) is 13.2. The van der Waals surface area contributed by atoms with Crippen molar-refractivity contribution >= 4 is 5.91 Å². The Balaban J connectivity index is 2.21. The molecule has 2 rings (SSSR count). The Kier molecular flexibility index (Phi) is 8.36. The average Bonchev–Trinajstić information content (AvgIpc) is 2.68. The quantitative estimate of drug-likeness (QED) is 0.557. The van der Waals surface area contributed by atoms with Crippen LogP contribution in [-0.4, -0.2) is 58.0 Å². The highest BCUT2D eigenvalue weighted by Gasteiger charge is 2.59. The molecule has 0 heterocycles. The van der Waals surface area contributed by atoms with Gasteiger partial charge in [-0.05, 0) is 55.8 Å². The highest BCUT2D eigenvalue weighted by Crippen LogP contribution is 2.60. The Morgan fingerprint density at radius 3 is 2.18 bits per heavy atom. The number of amides is 1. The summed E-state index contributed by atoms with van der Waals surface area (Å²) >= 11 is 0. The lowest BCUT2D eigenvalue weighted by Crippen LogP contribution is -2.60. The third-order valence-corrected chi connectivity index (χ3v) is 8.02. The van der Waals surface area contributed by atoms with Gasteiger partial charge in [-0.25, -0.2) is 0 Å². The van der Waals surface area contributed by atoms with Gasteiger partial charge in [0, 0.05) is 24.9 Å². The molecule has 2 aliphatic rings. The maximum atomic E-state index is 13.2. The third-order valence-electron chi connectivity index (χ3n) is 8.02. The number of aliphatic hydroxyl groups excluding tert-OH is 3. The van der Waals surface area contributed by atoms with Gasteiger partial charge in [-0.2, -0.15) is 0 Å². The Labute approximate surface area is 171 Å². The van der Waals surface area contributed by atoms with Gasteiger partial charge < -0.3 is 20.2 Å². The molecule has 28 heavy (non-hydrogen) atoms. The highest BCUT2D eigenvalue weighted by atomic mass is 16.3. The van der Waals surface area contributed by atoms with Crippen LogP contribution in [0.2, 0.25) is 0 Å². The van der Waals surface area contributed by atoms with E-state index in [-0.39, 0.29) is 29.8 Å². The molecule has 0 aromatic carbocycles. The lowest BCUT2D eigenvalue weighted by Gasteiger charge is -2.60. The molecule has 0 spiro atoms. The SMILES string of the molecule is CCCCN(CCCC)C(=O)C[C@@H]1[C@H](O)CCC2[C@](C)(CO)[C@H](O)CC[C@]21C. The molecule has 2 fully saturated rings. The topological polar surface area (TPSA) is 81.0 Å². The number of carbonyl (C=O) groups excluding carboxylic acids is 1. The van der Waals surface area contributed by atoms with Gasteiger partial charge in [0.15, 0.2) is 0 Å². The average molecular weight is 398 g/mol. The van der Waals surface area contributed by atoms with Crippen LogP contribution in [0.1, 0.15) is 85.5 Å². The number of hydrogen-bond acceptors (Lipinski definition) is 4. The molecule has 3 N–H and O–H groups in total. The van der Waals surface area contributed by atoms with Crippen molar-refractivity contribution in [1.29, 1.82) is 0 Å². The van der Waals surface area contributed by atoms with E-state index in [0.29, 0.717) is 19.3 Å². The minimum absolute atomic E-state index is 0.0513. The Morgan fingerprint density at radius 1 is 1.04 bits per heavy atom. The van der Waals surface area contributed by atoms with Crippen LogP contribution < -0.4 is 0 Å². The predicted octanol–water partition coefficient (Wildman–Crippen LogP) is 3.35. The molecule has 5 nitrogen and oxygen atoms in total. The van der Waals surface area contributed by atoms with Crippen molar-refractivity contribution in [2.75, 3.05) is 19.7 Å². The fraction of sp³-hybridized carbons (Fsp3) is 0.957. The largest absolute Gasteiger partial charge is 0.396 e. The lowest BCUT2D eigenvalue weighted by molar-refractivity contribution is -0.187. The van der Waals surface area contributed by atoms with Crippen LogP contribution >= 0.6 is 0 Å². The summed E-state index contributed by atoms with van der Waals surface area (Å²) in [6, 6.07) is 0. The van der Waals surface area contributed by atoms with Gasteiger partial charge in [-0.1, -0.05) is 40.5 Å². The summed E-state index contributed by atoms with van der Waals surface area (Å²) in [5.74, 6) is 0.169. The van der Waals surface area contributed by atoms with E-state index in [4.69, 9.17) is 0 Å². The number of hydrogen-bond donors (Lipinski definition) is 3. The van der Waals surface area contributed by atoms with Gasteiger partial charge in [-0.3, -0.25) is 4.79 Å². The zero-order chi connectivity index (χ0) is 20.9. The van der Waals surface area contributed by atoms with Gasteiger partial charge in [-0.15, -0.1) is 0 Å². The predicted molar refractivity (Wildman–Crippen MR) is 112 cm³/mol. The summed E-state index contributed by atoms with van der Waals surface area (Å²) in [7, 11) is 0. The molecule has 0 radical (unpaired) electrons. The lowest BCUT2D eigenvalue weighted by atomic mass is 9.46. The summed E-state index contributed by atoms with van der Waals surface area (Å²) < 4.78 is 0. The van der Waals surface area contributed by atoms with E-state index < -0.39 is 17.6 Å². The summed E-state index contributed by atoms with van der Waals surface area (Å²) in [5.41, 5.74) is -0.788. The molecule has 1 amide bonds. The van der Waals surface area contributed by atoms with Gasteiger partial charge >= 0.3 is 0 Å². The zero-order valence-electron chi connectivity index (χ0n) is 18.5. The minimum Gasteiger partial charge on any atom is -0.396 e. The van der Waals surface area contributed by atoms with Crippen molar-refractivity contribution in [3.05, 3.63) is 0 Å². The van der Waals surface area contributed by atoms with E-state index in [1.54, 1.807) is 0 Å². The molecule has 0 bridgehead atoms. The number of fused-ring (bicyclic) bond motifs is 1. The van der Waals surface area contributed by atoms with Gasteiger partial charge in [0.25, 0.3) is 0 Å². The first kappa shape index (κ1) is 23.6. The first-order valence-corrected chi connectivity index (χ1v) is 11.5. The highest BCUT2D eigenvalue weighted by molar-refractivity contribution is 5.76. The van der Waals surface area contributed by atoms with Crippen LogP contribution in [0.5, 0.6) is 0 Å². The molecule has 0 aromatic heterocycles. The molecule has 6 atom stereocenters. The molecule has 0 aromatic rings. The van der Waals surface area contributed by atoms with Crippen LogP contribution in [-0.2, 0) is 4.79 Å². The fourth-order valence-electron chi connectivity index (χ4n) is 5.98. The maximum absolute atomic E-state index is 13.2. The van der Waals surface area contributed by atoms with Crippen molar-refractivity contribution in [1.82, 2.24) is 4.90 Å². The smallest absolute Gasteiger partial charge is 0.222 e. The van der Waals surface area contributed by atoms with E-state index in [1.165, 1.54) is 0 Å². The van der Waals surface area contributed by atoms with Gasteiger partial charge in [0.1, 0.15) is 0 Å². The standard InChI is InChI=1S/C23H43NO4/c1-5-7-13-24(14-8-6-2)21(28)15-17-18(26)9-10-19-22(17,3)12-11-20(27)23(19,4)16-25/h17-20,25-27H,5-16H2,1-4H3/t17-,18-,19?,20-,22+,23+/m1/s1. The number of unbranched alkanes of at least 4 members (excludes halogenated alkanes) is 2. The van der Waals surface area contributed by atoms with Gasteiger partial charge in [0.05, 0.1) is 18.8 Å². The number of nitrogens with zero attached hydrogens (tertiary/aromatic N) is 1. The van der Waals surface area contributed by atoms with Crippen molar-refractivity contribution in [2.24, 2.45) is 22.7 Å². The number of aliphatic hydroxyl groups is 3. The van der Waals surface area contributed by atoms with E-state index >= 15 is 0 Å². The van der Waals surface area contributed by atoms with E-state index in [1.807, 2.05) is 11.8 Å². The second-order valence-corrected chi connectivity index (χ2v) is 9.82. The summed E-state index contributed by atoms with van der Waals surface area (Å²) in [5, 5.41) is 31.6. The summed E-state index contributed by atoms with van der Waals surface area (Å²) in [6.07, 6.45) is 6.38. The summed E-state index contributed by atoms with van der Waals surface area (Å²) in [4.78, 5) is 15.2. The van der Waals surface area contributed by atoms with Crippen molar-refractivity contribution < 1.29 is 20.1 Å². The second kappa shape index (κ2) is 9.90. The van der Waals surface area contributed by atoms with Crippen molar-refractivity contribution in [2.45, 2.75) is 97.7 Å². The molecule has 2 aliphatic carbocycles. The number of carbonyl (C=O) groups is 1. The fourth-order valence-corrected chi connectivity index (χ4v) is 5.98. The normalized spacial score (nSPS) is 38.1. The molecular formula is C23H43NO4. The Morgan fingerprint density at radius 2 is 1.64 bits per heavy atom. The van der Waals surface area contributed by atoms with E-state index in [0.717, 1.165) is 51.6 Å². The Bertz CT molecular complexity index is 505. The molecule has 164 valence electrons. The van der Waals surface area contributed by atoms with E-state index in [9.17, 15) is 20.1 Å². The molecule has 0 aliphatic heterocycles. The van der Waals surface area contributed by atoms with Crippen LogP contribution in [0.4, 0.5) is 0 Å². The maximum Gasteiger partial charge on any atom is 0.222 e. The minimum atomic E-state index is -0.557. The van der Waals surface area contributed by atoms with Crippen LogP contribution in [0.15, 0.2) is 0 Å². The zero-order valence-corrected chi connectivity index (χ0v) is 18.5. The van der Waals surface area contributed by atoms with Crippen molar-refractivity contribution in [3.63, 3.8) is 0 Å². The number of rotatable bonds is 9.